The highest BCUT2D eigenvalue weighted by Gasteiger charge is 2.22. The van der Waals surface area contributed by atoms with Crippen LogP contribution in [0.3, 0.4) is 0 Å². The molecule has 4 N–H and O–H groups in total. The molecule has 2 aliphatic heterocycles. The number of aromatic nitrogens is 4. The van der Waals surface area contributed by atoms with Crippen LogP contribution in [0, 0.1) is 0 Å². The SMILES string of the molecule is Brc1[nH]c(C2CCCN2)nc1-c1ccc(-c2ccc(-c3cnc(C4CCCN4)[nH]3)cc2)cc1. The van der Waals surface area contributed by atoms with Crippen LogP contribution >= 0.6 is 15.9 Å². The van der Waals surface area contributed by atoms with E-state index in [9.17, 15) is 0 Å². The molecule has 2 aromatic heterocycles. The fourth-order valence-electron chi connectivity index (χ4n) is 4.88. The third kappa shape index (κ3) is 4.16. The number of rotatable bonds is 5. The Kier molecular flexibility index (Phi) is 5.62. The van der Waals surface area contributed by atoms with Crippen LogP contribution < -0.4 is 10.6 Å². The lowest BCUT2D eigenvalue weighted by molar-refractivity contribution is 0.612. The molecule has 2 aromatic carbocycles. The highest BCUT2D eigenvalue weighted by molar-refractivity contribution is 9.10. The maximum Gasteiger partial charge on any atom is 0.124 e. The minimum atomic E-state index is 0.327. The van der Waals surface area contributed by atoms with E-state index in [1.54, 1.807) is 0 Å². The minimum Gasteiger partial charge on any atom is -0.341 e. The number of imidazole rings is 2. The number of halogens is 1. The monoisotopic (exact) mass is 502 g/mol. The molecular formula is C26H27BrN6. The number of nitrogens with one attached hydrogen (secondary N) is 4. The van der Waals surface area contributed by atoms with E-state index in [-0.39, 0.29) is 0 Å². The van der Waals surface area contributed by atoms with Gasteiger partial charge in [0.05, 0.1) is 24.0 Å². The second-order valence-corrected chi connectivity index (χ2v) is 9.71. The number of aromatic amines is 2. The lowest BCUT2D eigenvalue weighted by Crippen LogP contribution is -2.14. The van der Waals surface area contributed by atoms with E-state index in [2.05, 4.69) is 90.0 Å². The van der Waals surface area contributed by atoms with Crippen molar-refractivity contribution in [1.82, 2.24) is 30.6 Å². The number of hydrogen-bond acceptors (Lipinski definition) is 4. The molecule has 2 unspecified atom stereocenters. The van der Waals surface area contributed by atoms with E-state index in [0.29, 0.717) is 12.1 Å². The van der Waals surface area contributed by atoms with Gasteiger partial charge in [0.2, 0.25) is 0 Å². The van der Waals surface area contributed by atoms with Crippen molar-refractivity contribution in [2.24, 2.45) is 0 Å². The molecule has 4 heterocycles. The van der Waals surface area contributed by atoms with Gasteiger partial charge in [0.1, 0.15) is 21.9 Å². The Labute approximate surface area is 201 Å². The zero-order valence-corrected chi connectivity index (χ0v) is 20.0. The Balaban J connectivity index is 1.19. The van der Waals surface area contributed by atoms with Crippen molar-refractivity contribution < 1.29 is 0 Å². The van der Waals surface area contributed by atoms with E-state index in [1.807, 2.05) is 6.20 Å². The maximum absolute atomic E-state index is 4.86. The molecule has 2 aliphatic rings. The van der Waals surface area contributed by atoms with Crippen molar-refractivity contribution in [1.29, 1.82) is 0 Å². The second kappa shape index (κ2) is 8.89. The van der Waals surface area contributed by atoms with Crippen LogP contribution in [0.4, 0.5) is 0 Å². The van der Waals surface area contributed by atoms with Gasteiger partial charge in [-0.3, -0.25) is 0 Å². The highest BCUT2D eigenvalue weighted by atomic mass is 79.9. The van der Waals surface area contributed by atoms with Crippen LogP contribution in [0.25, 0.3) is 33.6 Å². The van der Waals surface area contributed by atoms with Crippen molar-refractivity contribution >= 4 is 15.9 Å². The second-order valence-electron chi connectivity index (χ2n) is 8.92. The predicted octanol–water partition coefficient (Wildman–Crippen LogP) is 5.75. The Hall–Kier alpha value is -2.74. The van der Waals surface area contributed by atoms with Gasteiger partial charge in [-0.15, -0.1) is 0 Å². The highest BCUT2D eigenvalue weighted by Crippen LogP contribution is 2.32. The third-order valence-electron chi connectivity index (χ3n) is 6.74. The molecule has 0 saturated carbocycles. The van der Waals surface area contributed by atoms with Crippen LogP contribution in [0.5, 0.6) is 0 Å². The lowest BCUT2D eigenvalue weighted by Gasteiger charge is -2.07. The van der Waals surface area contributed by atoms with Gasteiger partial charge in [-0.25, -0.2) is 9.97 Å². The summed E-state index contributed by atoms with van der Waals surface area (Å²) < 4.78 is 0.940. The molecule has 0 bridgehead atoms. The summed E-state index contributed by atoms with van der Waals surface area (Å²) >= 11 is 3.66. The third-order valence-corrected chi connectivity index (χ3v) is 7.32. The molecule has 0 amide bonds. The van der Waals surface area contributed by atoms with Crippen molar-refractivity contribution in [3.8, 4) is 33.6 Å². The van der Waals surface area contributed by atoms with Crippen molar-refractivity contribution in [2.75, 3.05) is 13.1 Å². The first-order valence-electron chi connectivity index (χ1n) is 11.7. The molecule has 0 spiro atoms. The maximum atomic E-state index is 4.86. The normalized spacial score (nSPS) is 20.5. The van der Waals surface area contributed by atoms with Gasteiger partial charge >= 0.3 is 0 Å². The smallest absolute Gasteiger partial charge is 0.124 e. The minimum absolute atomic E-state index is 0.327. The molecule has 2 fully saturated rings. The lowest BCUT2D eigenvalue weighted by atomic mass is 10.0. The fraction of sp³-hybridized carbons (Fsp3) is 0.308. The summed E-state index contributed by atoms with van der Waals surface area (Å²) in [7, 11) is 0. The van der Waals surface area contributed by atoms with Crippen LogP contribution in [0.15, 0.2) is 59.3 Å². The van der Waals surface area contributed by atoms with Gasteiger partial charge in [-0.1, -0.05) is 48.5 Å². The van der Waals surface area contributed by atoms with Crippen LogP contribution in [-0.4, -0.2) is 33.0 Å². The average molecular weight is 503 g/mol. The first-order valence-corrected chi connectivity index (χ1v) is 12.5. The Morgan fingerprint density at radius 2 is 1.27 bits per heavy atom. The van der Waals surface area contributed by atoms with E-state index in [0.717, 1.165) is 64.7 Å². The average Bonchev–Trinajstić information content (AvgIpc) is 3.66. The number of benzene rings is 2. The van der Waals surface area contributed by atoms with Crippen molar-refractivity contribution in [2.45, 2.75) is 37.8 Å². The van der Waals surface area contributed by atoms with E-state index in [4.69, 9.17) is 4.98 Å². The summed E-state index contributed by atoms with van der Waals surface area (Å²) in [5, 5.41) is 7.00. The van der Waals surface area contributed by atoms with Crippen LogP contribution in [0.2, 0.25) is 0 Å². The molecule has 2 atom stereocenters. The topological polar surface area (TPSA) is 81.4 Å². The van der Waals surface area contributed by atoms with E-state index >= 15 is 0 Å². The predicted molar refractivity (Wildman–Crippen MR) is 135 cm³/mol. The summed E-state index contributed by atoms with van der Waals surface area (Å²) in [6.07, 6.45) is 6.63. The van der Waals surface area contributed by atoms with Crippen LogP contribution in [-0.2, 0) is 0 Å². The molecule has 6 nitrogen and oxygen atoms in total. The van der Waals surface area contributed by atoms with Gasteiger partial charge in [-0.2, -0.15) is 0 Å². The van der Waals surface area contributed by atoms with Gasteiger partial charge in [-0.05, 0) is 71.4 Å². The molecular weight excluding hydrogens is 476 g/mol. The summed E-state index contributed by atoms with van der Waals surface area (Å²) in [5.41, 5.74) is 6.67. The molecule has 0 radical (unpaired) electrons. The summed E-state index contributed by atoms with van der Waals surface area (Å²) in [4.78, 5) is 16.3. The molecule has 4 aromatic rings. The zero-order chi connectivity index (χ0) is 22.2. The van der Waals surface area contributed by atoms with Gasteiger partial charge in [0, 0.05) is 5.56 Å². The Morgan fingerprint density at radius 3 is 1.88 bits per heavy atom. The zero-order valence-electron chi connectivity index (χ0n) is 18.4. The first-order chi connectivity index (χ1) is 16.2. The molecule has 168 valence electrons. The summed E-state index contributed by atoms with van der Waals surface area (Å²) in [6.45, 7) is 2.13. The standard InChI is InChI=1S/C26H27BrN6/c27-24-23(32-26(33-24)21-4-2-14-29-21)19-11-7-17(8-12-19)16-5-9-18(10-6-16)22-15-30-25(31-22)20-3-1-13-28-20/h5-12,15,20-21,28-29H,1-4,13-14H2,(H,30,31)(H,32,33). The van der Waals surface area contributed by atoms with E-state index in [1.165, 1.54) is 24.0 Å². The fourth-order valence-corrected chi connectivity index (χ4v) is 5.41. The Morgan fingerprint density at radius 1 is 0.697 bits per heavy atom. The summed E-state index contributed by atoms with van der Waals surface area (Å²) in [5.74, 6) is 2.05. The number of nitrogens with zero attached hydrogens (tertiary/aromatic N) is 2. The van der Waals surface area contributed by atoms with E-state index < -0.39 is 0 Å². The van der Waals surface area contributed by atoms with Gasteiger partial charge in [0.15, 0.2) is 0 Å². The van der Waals surface area contributed by atoms with Gasteiger partial charge < -0.3 is 20.6 Å². The molecule has 0 aliphatic carbocycles. The number of H-pyrrole nitrogens is 2. The Bertz CT molecular complexity index is 1230. The van der Waals surface area contributed by atoms with Crippen LogP contribution in [0.1, 0.15) is 49.4 Å². The first kappa shape index (κ1) is 20.8. The van der Waals surface area contributed by atoms with Crippen molar-refractivity contribution in [3.05, 3.63) is 71.0 Å². The number of hydrogen-bond donors (Lipinski definition) is 4. The molecule has 7 heteroatoms. The quantitative estimate of drug-likeness (QED) is 0.280. The summed E-state index contributed by atoms with van der Waals surface area (Å²) in [6, 6.07) is 18.0. The molecule has 2 saturated heterocycles. The molecule has 6 rings (SSSR count). The molecule has 33 heavy (non-hydrogen) atoms. The largest absolute Gasteiger partial charge is 0.341 e. The van der Waals surface area contributed by atoms with Crippen molar-refractivity contribution in [3.63, 3.8) is 0 Å². The van der Waals surface area contributed by atoms with Gasteiger partial charge in [0.25, 0.3) is 0 Å².